The predicted octanol–water partition coefficient (Wildman–Crippen LogP) is 5.84. The van der Waals surface area contributed by atoms with Crippen LogP contribution in [-0.4, -0.2) is 26.1 Å². The van der Waals surface area contributed by atoms with Crippen LogP contribution < -0.4 is 4.90 Å². The smallest absolute Gasteiger partial charge is 0.277 e. The number of aromatic nitrogens is 4. The van der Waals surface area contributed by atoms with Crippen LogP contribution in [0.5, 0.6) is 0 Å². The lowest BCUT2D eigenvalue weighted by atomic mass is 10.1. The highest BCUT2D eigenvalue weighted by Gasteiger charge is 2.23. The van der Waals surface area contributed by atoms with Gasteiger partial charge in [-0.05, 0) is 43.2 Å². The van der Waals surface area contributed by atoms with E-state index < -0.39 is 0 Å². The Kier molecular flexibility index (Phi) is 6.35. The van der Waals surface area contributed by atoms with E-state index >= 15 is 0 Å². The first kappa shape index (κ1) is 21.5. The summed E-state index contributed by atoms with van der Waals surface area (Å²) in [6, 6.07) is 7.46. The minimum Gasteiger partial charge on any atom is -0.411 e. The molecule has 158 valence electrons. The Hall–Kier alpha value is -2.75. The molecule has 7 nitrogen and oxygen atoms in total. The van der Waals surface area contributed by atoms with Crippen LogP contribution >= 0.6 is 34.7 Å². The summed E-state index contributed by atoms with van der Waals surface area (Å²) >= 11 is 9.25. The third-order valence-electron chi connectivity index (χ3n) is 4.34. The lowest BCUT2D eigenvalue weighted by Crippen LogP contribution is -2.24. The van der Waals surface area contributed by atoms with Crippen molar-refractivity contribution in [2.45, 2.75) is 31.7 Å². The fraction of sp³-hybridized carbons (Fsp3) is 0.190. The summed E-state index contributed by atoms with van der Waals surface area (Å²) in [5.74, 6) is 0.818. The van der Waals surface area contributed by atoms with Crippen molar-refractivity contribution in [3.63, 3.8) is 0 Å². The largest absolute Gasteiger partial charge is 0.411 e. The van der Waals surface area contributed by atoms with E-state index in [-0.39, 0.29) is 5.91 Å². The van der Waals surface area contributed by atoms with E-state index in [1.54, 1.807) is 17.3 Å². The maximum absolute atomic E-state index is 12.5. The molecule has 0 N–H and O–H groups in total. The molecule has 3 heterocycles. The van der Waals surface area contributed by atoms with Crippen molar-refractivity contribution in [2.24, 2.45) is 0 Å². The molecule has 0 radical (unpaired) electrons. The zero-order valence-electron chi connectivity index (χ0n) is 17.0. The van der Waals surface area contributed by atoms with E-state index in [0.717, 1.165) is 22.4 Å². The summed E-state index contributed by atoms with van der Waals surface area (Å²) < 4.78 is 5.70. The lowest BCUT2D eigenvalue weighted by Gasteiger charge is -2.22. The number of carbonyl (C=O) groups excluding carboxylic acids is 1. The van der Waals surface area contributed by atoms with Crippen LogP contribution in [0.2, 0.25) is 5.02 Å². The van der Waals surface area contributed by atoms with E-state index in [9.17, 15) is 4.79 Å². The number of nitrogens with zero attached hydrogens (tertiary/aromatic N) is 5. The molecule has 0 unspecified atom stereocenters. The number of aryl methyl sites for hydroxylation is 2. The van der Waals surface area contributed by atoms with Crippen molar-refractivity contribution in [3.05, 3.63) is 63.9 Å². The molecule has 0 atom stereocenters. The fourth-order valence-electron chi connectivity index (χ4n) is 3.06. The van der Waals surface area contributed by atoms with E-state index in [0.29, 0.717) is 32.7 Å². The van der Waals surface area contributed by atoms with Gasteiger partial charge in [-0.25, -0.2) is 4.98 Å². The van der Waals surface area contributed by atoms with E-state index in [1.165, 1.54) is 30.0 Å². The second-order valence-electron chi connectivity index (χ2n) is 6.79. The average molecular weight is 472 g/mol. The lowest BCUT2D eigenvalue weighted by molar-refractivity contribution is -0.115. The molecule has 0 saturated carbocycles. The Balaban J connectivity index is 1.51. The summed E-state index contributed by atoms with van der Waals surface area (Å²) in [4.78, 5) is 22.6. The molecule has 0 saturated heterocycles. The molecule has 0 aliphatic carbocycles. The normalized spacial score (nSPS) is 11.0. The number of carbonyl (C=O) groups is 1. The third kappa shape index (κ3) is 4.79. The second-order valence-corrected chi connectivity index (χ2v) is 8.96. The van der Waals surface area contributed by atoms with Crippen LogP contribution in [-0.2, 0) is 10.5 Å². The van der Waals surface area contributed by atoms with Crippen LogP contribution in [0.25, 0.3) is 11.5 Å². The number of benzene rings is 1. The molecule has 1 amide bonds. The standard InChI is InChI=1S/C21H18ClN5O2S2/c1-12-8-13(2)18(17(22)9-12)27(14(3)28)20-24-16(10-30-20)11-31-21-26-25-19(29-21)15-4-6-23-7-5-15/h4-10H,11H2,1-3H3. The Morgan fingerprint density at radius 2 is 2.00 bits per heavy atom. The van der Waals surface area contributed by atoms with Gasteiger partial charge in [0.05, 0.1) is 16.4 Å². The van der Waals surface area contributed by atoms with Crippen LogP contribution in [0, 0.1) is 13.8 Å². The van der Waals surface area contributed by atoms with Gasteiger partial charge in [0.25, 0.3) is 5.22 Å². The Morgan fingerprint density at radius 1 is 1.23 bits per heavy atom. The number of hydrogen-bond donors (Lipinski definition) is 0. The highest BCUT2D eigenvalue weighted by Crippen LogP contribution is 2.38. The number of thiazole rings is 1. The first-order valence-electron chi connectivity index (χ1n) is 9.31. The molecule has 0 aliphatic rings. The molecule has 0 bridgehead atoms. The van der Waals surface area contributed by atoms with Gasteiger partial charge in [-0.1, -0.05) is 29.4 Å². The second kappa shape index (κ2) is 9.17. The first-order chi connectivity index (χ1) is 14.9. The van der Waals surface area contributed by atoms with Gasteiger partial charge in [-0.3, -0.25) is 14.7 Å². The van der Waals surface area contributed by atoms with E-state index in [1.807, 2.05) is 43.5 Å². The van der Waals surface area contributed by atoms with E-state index in [2.05, 4.69) is 20.2 Å². The molecule has 10 heteroatoms. The number of rotatable bonds is 6. The number of pyridine rings is 1. The average Bonchev–Trinajstić information content (AvgIpc) is 3.39. The van der Waals surface area contributed by atoms with Gasteiger partial charge in [0.15, 0.2) is 5.13 Å². The molecule has 4 aromatic rings. The zero-order chi connectivity index (χ0) is 22.0. The van der Waals surface area contributed by atoms with Crippen molar-refractivity contribution < 1.29 is 9.21 Å². The molecule has 0 aliphatic heterocycles. The monoisotopic (exact) mass is 471 g/mol. The van der Waals surface area contributed by atoms with Crippen LogP contribution in [0.4, 0.5) is 10.8 Å². The van der Waals surface area contributed by atoms with Crippen molar-refractivity contribution in [1.29, 1.82) is 0 Å². The number of thioether (sulfide) groups is 1. The third-order valence-corrected chi connectivity index (χ3v) is 6.36. The first-order valence-corrected chi connectivity index (χ1v) is 11.5. The van der Waals surface area contributed by atoms with Crippen LogP contribution in [0.1, 0.15) is 23.7 Å². The Bertz CT molecular complexity index is 1200. The number of halogens is 1. The summed E-state index contributed by atoms with van der Waals surface area (Å²) in [7, 11) is 0. The highest BCUT2D eigenvalue weighted by molar-refractivity contribution is 7.98. The van der Waals surface area contributed by atoms with Gasteiger partial charge in [-0.2, -0.15) is 0 Å². The molecule has 3 aromatic heterocycles. The minimum absolute atomic E-state index is 0.152. The summed E-state index contributed by atoms with van der Waals surface area (Å²) in [6.45, 7) is 5.41. The maximum atomic E-state index is 12.5. The topological polar surface area (TPSA) is 85.0 Å². The molecule has 31 heavy (non-hydrogen) atoms. The molecular formula is C21H18ClN5O2S2. The van der Waals surface area contributed by atoms with Gasteiger partial charge >= 0.3 is 0 Å². The van der Waals surface area contributed by atoms with Crippen LogP contribution in [0.3, 0.4) is 0 Å². The summed E-state index contributed by atoms with van der Waals surface area (Å²) in [5, 5.41) is 11.6. The van der Waals surface area contributed by atoms with Gasteiger partial charge in [0, 0.05) is 36.0 Å². The fourth-order valence-corrected chi connectivity index (χ4v) is 5.10. The summed E-state index contributed by atoms with van der Waals surface area (Å²) in [6.07, 6.45) is 3.35. The minimum atomic E-state index is -0.152. The van der Waals surface area contributed by atoms with Gasteiger partial charge in [-0.15, -0.1) is 21.5 Å². The quantitative estimate of drug-likeness (QED) is 0.327. The summed E-state index contributed by atoms with van der Waals surface area (Å²) in [5.41, 5.74) is 4.23. The van der Waals surface area contributed by atoms with E-state index in [4.69, 9.17) is 16.0 Å². The molecule has 0 spiro atoms. The van der Waals surface area contributed by atoms with Gasteiger partial charge in [0.1, 0.15) is 0 Å². The molecular weight excluding hydrogens is 454 g/mol. The zero-order valence-corrected chi connectivity index (χ0v) is 19.4. The SMILES string of the molecule is CC(=O)N(c1nc(CSc2nnc(-c3ccncc3)o2)cs1)c1c(C)cc(C)cc1Cl. The van der Waals surface area contributed by atoms with Crippen molar-refractivity contribution in [3.8, 4) is 11.5 Å². The maximum Gasteiger partial charge on any atom is 0.277 e. The Morgan fingerprint density at radius 3 is 2.71 bits per heavy atom. The van der Waals surface area contributed by atoms with Gasteiger partial charge in [0.2, 0.25) is 11.8 Å². The predicted molar refractivity (Wildman–Crippen MR) is 123 cm³/mol. The Labute approximate surface area is 192 Å². The molecule has 1 aromatic carbocycles. The number of anilines is 2. The molecule has 0 fully saturated rings. The number of hydrogen-bond acceptors (Lipinski definition) is 8. The van der Waals surface area contributed by atoms with Crippen LogP contribution in [0.15, 0.2) is 51.7 Å². The van der Waals surface area contributed by atoms with Crippen molar-refractivity contribution >= 4 is 51.4 Å². The van der Waals surface area contributed by atoms with Crippen molar-refractivity contribution in [1.82, 2.24) is 20.2 Å². The number of amides is 1. The van der Waals surface area contributed by atoms with Gasteiger partial charge < -0.3 is 4.42 Å². The van der Waals surface area contributed by atoms with Crippen molar-refractivity contribution in [2.75, 3.05) is 4.90 Å². The highest BCUT2D eigenvalue weighted by atomic mass is 35.5. The molecule has 4 rings (SSSR count).